The molecule has 0 saturated carbocycles. The predicted octanol–water partition coefficient (Wildman–Crippen LogP) is 1.24. The molecule has 0 fully saturated rings. The van der Waals surface area contributed by atoms with Crippen molar-refractivity contribution in [2.75, 3.05) is 37.0 Å². The largest absolute Gasteiger partial charge is 0.395 e. The summed E-state index contributed by atoms with van der Waals surface area (Å²) in [4.78, 5) is 16.3. The van der Waals surface area contributed by atoms with Gasteiger partial charge in [0.2, 0.25) is 0 Å². The van der Waals surface area contributed by atoms with E-state index in [9.17, 15) is 10.1 Å². The predicted molar refractivity (Wildman–Crippen MR) is 70.0 cm³/mol. The minimum absolute atomic E-state index is 0.0107. The van der Waals surface area contributed by atoms with Crippen LogP contribution in [0.1, 0.15) is 13.3 Å². The van der Waals surface area contributed by atoms with Gasteiger partial charge in [-0.25, -0.2) is 4.98 Å². The van der Waals surface area contributed by atoms with Crippen LogP contribution in [0.15, 0.2) is 12.1 Å². The number of aliphatic hydroxyl groups excluding tert-OH is 1. The lowest BCUT2D eigenvalue weighted by atomic mass is 10.3. The van der Waals surface area contributed by atoms with Gasteiger partial charge in [-0.2, -0.15) is 0 Å². The molecule has 0 amide bonds. The first-order valence-electron chi connectivity index (χ1n) is 5.80. The van der Waals surface area contributed by atoms with Crippen molar-refractivity contribution < 1.29 is 10.0 Å². The Bertz CT molecular complexity index is 411. The summed E-state index contributed by atoms with van der Waals surface area (Å²) in [6, 6.07) is 2.80. The summed E-state index contributed by atoms with van der Waals surface area (Å²) in [7, 11) is 1.73. The maximum atomic E-state index is 10.8. The van der Waals surface area contributed by atoms with Crippen molar-refractivity contribution in [3.8, 4) is 0 Å². The summed E-state index contributed by atoms with van der Waals surface area (Å²) in [6.45, 7) is 3.06. The van der Waals surface area contributed by atoms with Crippen LogP contribution in [0.4, 0.5) is 17.3 Å². The molecule has 0 unspecified atom stereocenters. The fraction of sp³-hybridized carbons (Fsp3) is 0.545. The zero-order valence-corrected chi connectivity index (χ0v) is 10.6. The van der Waals surface area contributed by atoms with E-state index in [1.165, 1.54) is 12.1 Å². The molecule has 7 nitrogen and oxygen atoms in total. The first-order valence-corrected chi connectivity index (χ1v) is 5.80. The number of hydrogen-bond acceptors (Lipinski definition) is 6. The first kappa shape index (κ1) is 14.2. The number of anilines is 2. The van der Waals surface area contributed by atoms with Crippen molar-refractivity contribution in [1.82, 2.24) is 4.98 Å². The molecule has 0 spiro atoms. The van der Waals surface area contributed by atoms with Gasteiger partial charge in [0, 0.05) is 20.1 Å². The Morgan fingerprint density at radius 1 is 1.56 bits per heavy atom. The van der Waals surface area contributed by atoms with Crippen molar-refractivity contribution in [2.45, 2.75) is 13.3 Å². The highest BCUT2D eigenvalue weighted by Gasteiger charge is 2.13. The van der Waals surface area contributed by atoms with Gasteiger partial charge in [0.05, 0.1) is 23.7 Å². The van der Waals surface area contributed by atoms with Crippen molar-refractivity contribution in [3.63, 3.8) is 0 Å². The topological polar surface area (TPSA) is 91.5 Å². The van der Waals surface area contributed by atoms with E-state index >= 15 is 0 Å². The third kappa shape index (κ3) is 3.85. The molecule has 0 aliphatic rings. The van der Waals surface area contributed by atoms with Gasteiger partial charge in [0.15, 0.2) is 0 Å². The van der Waals surface area contributed by atoms with E-state index in [2.05, 4.69) is 10.3 Å². The van der Waals surface area contributed by atoms with E-state index in [4.69, 9.17) is 5.11 Å². The van der Waals surface area contributed by atoms with Gasteiger partial charge in [0.1, 0.15) is 11.6 Å². The number of nitro groups is 1. The van der Waals surface area contributed by atoms with E-state index in [0.717, 1.165) is 6.42 Å². The highest BCUT2D eigenvalue weighted by molar-refractivity contribution is 5.55. The van der Waals surface area contributed by atoms with Gasteiger partial charge < -0.3 is 15.3 Å². The van der Waals surface area contributed by atoms with Gasteiger partial charge >= 0.3 is 0 Å². The summed E-state index contributed by atoms with van der Waals surface area (Å²) in [5, 5.41) is 22.7. The third-order valence-electron chi connectivity index (χ3n) is 2.39. The number of nitrogens with zero attached hydrogens (tertiary/aromatic N) is 3. The minimum atomic E-state index is -0.449. The molecule has 7 heteroatoms. The Morgan fingerprint density at radius 2 is 2.28 bits per heavy atom. The molecule has 0 aliphatic heterocycles. The van der Waals surface area contributed by atoms with Crippen LogP contribution in [0.3, 0.4) is 0 Å². The minimum Gasteiger partial charge on any atom is -0.395 e. The zero-order valence-electron chi connectivity index (χ0n) is 10.6. The lowest BCUT2D eigenvalue weighted by molar-refractivity contribution is -0.384. The summed E-state index contributed by atoms with van der Waals surface area (Å²) >= 11 is 0. The molecule has 0 aliphatic carbocycles. The van der Waals surface area contributed by atoms with E-state index in [0.29, 0.717) is 24.7 Å². The van der Waals surface area contributed by atoms with E-state index < -0.39 is 4.92 Å². The quantitative estimate of drug-likeness (QED) is 0.562. The molecular formula is C11H18N4O3. The van der Waals surface area contributed by atoms with Gasteiger partial charge in [-0.3, -0.25) is 10.1 Å². The van der Waals surface area contributed by atoms with Crippen LogP contribution in [-0.2, 0) is 0 Å². The first-order chi connectivity index (χ1) is 8.58. The van der Waals surface area contributed by atoms with E-state index in [1.54, 1.807) is 11.9 Å². The van der Waals surface area contributed by atoms with Crippen LogP contribution in [-0.4, -0.2) is 41.8 Å². The molecule has 0 saturated heterocycles. The Labute approximate surface area is 106 Å². The monoisotopic (exact) mass is 254 g/mol. The number of nitrogens with one attached hydrogen (secondary N) is 1. The molecule has 18 heavy (non-hydrogen) atoms. The van der Waals surface area contributed by atoms with E-state index in [1.807, 2.05) is 6.92 Å². The van der Waals surface area contributed by atoms with Crippen LogP contribution >= 0.6 is 0 Å². The molecule has 0 aromatic carbocycles. The number of hydrogen-bond donors (Lipinski definition) is 2. The lowest BCUT2D eigenvalue weighted by Crippen LogP contribution is -2.22. The highest BCUT2D eigenvalue weighted by atomic mass is 16.6. The molecular weight excluding hydrogens is 236 g/mol. The molecule has 0 radical (unpaired) electrons. The zero-order chi connectivity index (χ0) is 13.5. The number of rotatable bonds is 7. The van der Waals surface area contributed by atoms with Crippen LogP contribution in [0.25, 0.3) is 0 Å². The standard InChI is InChI=1S/C11H18N4O3/c1-3-4-12-10-7-9(15(17)18)8-11(13-10)14(2)5-6-16/h7-8,16H,3-6H2,1-2H3,(H,12,13). The summed E-state index contributed by atoms with van der Waals surface area (Å²) in [6.07, 6.45) is 0.909. The molecule has 1 rings (SSSR count). The average Bonchev–Trinajstić information content (AvgIpc) is 2.36. The number of aromatic nitrogens is 1. The molecule has 100 valence electrons. The third-order valence-corrected chi connectivity index (χ3v) is 2.39. The molecule has 1 heterocycles. The van der Waals surface area contributed by atoms with Crippen LogP contribution < -0.4 is 10.2 Å². The maximum Gasteiger partial charge on any atom is 0.276 e. The Morgan fingerprint density at radius 3 is 2.83 bits per heavy atom. The van der Waals surface area contributed by atoms with Crippen LogP contribution in [0.5, 0.6) is 0 Å². The Kier molecular flexibility index (Phi) is 5.31. The summed E-state index contributed by atoms with van der Waals surface area (Å²) < 4.78 is 0. The molecule has 1 aromatic heterocycles. The molecule has 0 bridgehead atoms. The van der Waals surface area contributed by atoms with Gasteiger partial charge in [-0.15, -0.1) is 0 Å². The second-order valence-corrected chi connectivity index (χ2v) is 3.90. The molecule has 0 atom stereocenters. The normalized spacial score (nSPS) is 10.2. The summed E-state index contributed by atoms with van der Waals surface area (Å²) in [5.41, 5.74) is -0.0107. The van der Waals surface area contributed by atoms with Gasteiger partial charge in [-0.05, 0) is 6.42 Å². The number of aliphatic hydroxyl groups is 1. The number of likely N-dealkylation sites (N-methyl/N-ethyl adjacent to an activating group) is 1. The SMILES string of the molecule is CCCNc1cc([N+](=O)[O-])cc(N(C)CCO)n1. The second kappa shape index (κ2) is 6.75. The van der Waals surface area contributed by atoms with Crippen molar-refractivity contribution in [1.29, 1.82) is 0 Å². The van der Waals surface area contributed by atoms with E-state index in [-0.39, 0.29) is 12.3 Å². The second-order valence-electron chi connectivity index (χ2n) is 3.90. The van der Waals surface area contributed by atoms with Gasteiger partial charge in [-0.1, -0.05) is 6.92 Å². The smallest absolute Gasteiger partial charge is 0.276 e. The summed E-state index contributed by atoms with van der Waals surface area (Å²) in [5.74, 6) is 0.947. The van der Waals surface area contributed by atoms with Crippen molar-refractivity contribution in [3.05, 3.63) is 22.2 Å². The van der Waals surface area contributed by atoms with Crippen molar-refractivity contribution >= 4 is 17.3 Å². The Balaban J connectivity index is 3.01. The van der Waals surface area contributed by atoms with Gasteiger partial charge in [0.25, 0.3) is 5.69 Å². The van der Waals surface area contributed by atoms with Crippen LogP contribution in [0, 0.1) is 10.1 Å². The van der Waals surface area contributed by atoms with Crippen LogP contribution in [0.2, 0.25) is 0 Å². The fourth-order valence-corrected chi connectivity index (χ4v) is 1.41. The van der Waals surface area contributed by atoms with Crippen molar-refractivity contribution in [2.24, 2.45) is 0 Å². The highest BCUT2D eigenvalue weighted by Crippen LogP contribution is 2.22. The fourth-order valence-electron chi connectivity index (χ4n) is 1.41. The molecule has 1 aromatic rings. The Hall–Kier alpha value is -1.89. The average molecular weight is 254 g/mol. The maximum absolute atomic E-state index is 10.8. The molecule has 2 N–H and O–H groups in total. The lowest BCUT2D eigenvalue weighted by Gasteiger charge is -2.17. The number of pyridine rings is 1.